The number of nitrogens with two attached hydrogens (primary N) is 1. The van der Waals surface area contributed by atoms with Crippen molar-refractivity contribution in [1.29, 1.82) is 0 Å². The zero-order valence-corrected chi connectivity index (χ0v) is 10.6. The Kier molecular flexibility index (Phi) is 6.77. The fraction of sp³-hybridized carbons (Fsp3) is 0.417. The maximum absolute atomic E-state index is 11.9. The molecule has 0 unspecified atom stereocenters. The smallest absolute Gasteiger partial charge is 0.253 e. The summed E-state index contributed by atoms with van der Waals surface area (Å²) in [5.74, 6) is 0.0866. The highest BCUT2D eigenvalue weighted by atomic mass is 35.5. The van der Waals surface area contributed by atoms with Crippen LogP contribution in [0.4, 0.5) is 0 Å². The lowest BCUT2D eigenvalue weighted by Crippen LogP contribution is -2.30. The van der Waals surface area contributed by atoms with Gasteiger partial charge >= 0.3 is 0 Å². The molecular formula is C12H19ClN2O. The largest absolute Gasteiger partial charge is 0.339 e. The van der Waals surface area contributed by atoms with Gasteiger partial charge in [-0.15, -0.1) is 12.4 Å². The van der Waals surface area contributed by atoms with E-state index in [1.165, 1.54) is 0 Å². The van der Waals surface area contributed by atoms with E-state index in [0.29, 0.717) is 6.54 Å². The minimum absolute atomic E-state index is 0. The van der Waals surface area contributed by atoms with E-state index >= 15 is 0 Å². The van der Waals surface area contributed by atoms with Crippen LogP contribution in [0.5, 0.6) is 0 Å². The second kappa shape index (κ2) is 7.25. The molecule has 0 saturated carbocycles. The van der Waals surface area contributed by atoms with Crippen molar-refractivity contribution in [2.75, 3.05) is 13.1 Å². The molecule has 90 valence electrons. The van der Waals surface area contributed by atoms with Gasteiger partial charge in [0.25, 0.3) is 5.91 Å². The van der Waals surface area contributed by atoms with Crippen LogP contribution in [-0.4, -0.2) is 23.9 Å². The summed E-state index contributed by atoms with van der Waals surface area (Å²) in [4.78, 5) is 13.7. The summed E-state index contributed by atoms with van der Waals surface area (Å²) < 4.78 is 0. The van der Waals surface area contributed by atoms with Gasteiger partial charge in [-0.25, -0.2) is 0 Å². The summed E-state index contributed by atoms with van der Waals surface area (Å²) in [7, 11) is 0. The normalized spacial score (nSPS) is 9.44. The van der Waals surface area contributed by atoms with Gasteiger partial charge in [0.15, 0.2) is 0 Å². The van der Waals surface area contributed by atoms with Crippen LogP contribution in [0, 0.1) is 0 Å². The molecule has 1 aromatic rings. The number of halogens is 1. The molecule has 0 aliphatic carbocycles. The van der Waals surface area contributed by atoms with Crippen molar-refractivity contribution in [2.24, 2.45) is 5.73 Å². The number of rotatable bonds is 4. The molecule has 0 aliphatic heterocycles. The number of hydrogen-bond donors (Lipinski definition) is 1. The molecule has 4 heteroatoms. The summed E-state index contributed by atoms with van der Waals surface area (Å²) in [6.07, 6.45) is 0. The van der Waals surface area contributed by atoms with Gasteiger partial charge in [0.05, 0.1) is 0 Å². The van der Waals surface area contributed by atoms with E-state index in [1.807, 2.05) is 38.1 Å². The highest BCUT2D eigenvalue weighted by Crippen LogP contribution is 2.07. The van der Waals surface area contributed by atoms with Crippen molar-refractivity contribution in [3.8, 4) is 0 Å². The highest BCUT2D eigenvalue weighted by molar-refractivity contribution is 5.94. The second-order valence-corrected chi connectivity index (χ2v) is 3.38. The lowest BCUT2D eigenvalue weighted by molar-refractivity contribution is 0.0773. The lowest BCUT2D eigenvalue weighted by Gasteiger charge is -2.18. The predicted molar refractivity (Wildman–Crippen MR) is 68.8 cm³/mol. The maximum Gasteiger partial charge on any atom is 0.253 e. The van der Waals surface area contributed by atoms with Gasteiger partial charge in [-0.1, -0.05) is 12.1 Å². The van der Waals surface area contributed by atoms with Crippen LogP contribution in [-0.2, 0) is 6.54 Å². The van der Waals surface area contributed by atoms with Crippen molar-refractivity contribution in [3.63, 3.8) is 0 Å². The van der Waals surface area contributed by atoms with Crippen LogP contribution in [0.25, 0.3) is 0 Å². The molecule has 0 saturated heterocycles. The first-order chi connectivity index (χ1) is 7.22. The Morgan fingerprint density at radius 1 is 1.19 bits per heavy atom. The zero-order valence-electron chi connectivity index (χ0n) is 9.77. The third-order valence-electron chi connectivity index (χ3n) is 2.49. The molecule has 1 rings (SSSR count). The van der Waals surface area contributed by atoms with Gasteiger partial charge in [-0.05, 0) is 31.5 Å². The summed E-state index contributed by atoms with van der Waals surface area (Å²) >= 11 is 0. The van der Waals surface area contributed by atoms with Gasteiger partial charge in [0.2, 0.25) is 0 Å². The average Bonchev–Trinajstić information content (AvgIpc) is 2.30. The topological polar surface area (TPSA) is 46.3 Å². The van der Waals surface area contributed by atoms with E-state index in [-0.39, 0.29) is 18.3 Å². The van der Waals surface area contributed by atoms with Crippen molar-refractivity contribution in [3.05, 3.63) is 35.4 Å². The molecule has 0 radical (unpaired) electrons. The Morgan fingerprint density at radius 2 is 1.69 bits per heavy atom. The van der Waals surface area contributed by atoms with Gasteiger partial charge < -0.3 is 10.6 Å². The third-order valence-corrected chi connectivity index (χ3v) is 2.49. The molecule has 0 bridgehead atoms. The van der Waals surface area contributed by atoms with E-state index < -0.39 is 0 Å². The van der Waals surface area contributed by atoms with Crippen LogP contribution >= 0.6 is 12.4 Å². The maximum atomic E-state index is 11.9. The Balaban J connectivity index is 0.00000225. The summed E-state index contributed by atoms with van der Waals surface area (Å²) in [5, 5.41) is 0. The van der Waals surface area contributed by atoms with Crippen LogP contribution < -0.4 is 5.73 Å². The number of amides is 1. The number of hydrogen-bond acceptors (Lipinski definition) is 2. The fourth-order valence-corrected chi connectivity index (χ4v) is 1.48. The quantitative estimate of drug-likeness (QED) is 0.879. The molecule has 0 heterocycles. The Hall–Kier alpha value is -1.06. The van der Waals surface area contributed by atoms with Gasteiger partial charge in [0, 0.05) is 25.2 Å². The number of benzene rings is 1. The van der Waals surface area contributed by atoms with E-state index in [0.717, 1.165) is 24.2 Å². The first kappa shape index (κ1) is 14.9. The minimum atomic E-state index is 0. The molecule has 1 amide bonds. The van der Waals surface area contributed by atoms with Crippen molar-refractivity contribution < 1.29 is 4.79 Å². The summed E-state index contributed by atoms with van der Waals surface area (Å²) in [6, 6.07) is 7.47. The molecule has 0 spiro atoms. The first-order valence-electron chi connectivity index (χ1n) is 5.31. The average molecular weight is 243 g/mol. The third kappa shape index (κ3) is 3.51. The Morgan fingerprint density at radius 3 is 2.06 bits per heavy atom. The van der Waals surface area contributed by atoms with Crippen molar-refractivity contribution in [2.45, 2.75) is 20.4 Å². The van der Waals surface area contributed by atoms with Crippen molar-refractivity contribution >= 4 is 18.3 Å². The van der Waals surface area contributed by atoms with Crippen LogP contribution in [0.2, 0.25) is 0 Å². The molecule has 0 aromatic heterocycles. The van der Waals surface area contributed by atoms with Gasteiger partial charge in [-0.3, -0.25) is 4.79 Å². The Labute approximate surface area is 103 Å². The lowest BCUT2D eigenvalue weighted by atomic mass is 10.1. The molecule has 16 heavy (non-hydrogen) atoms. The molecule has 1 aromatic carbocycles. The van der Waals surface area contributed by atoms with Crippen LogP contribution in [0.15, 0.2) is 24.3 Å². The molecule has 0 aliphatic rings. The molecule has 3 nitrogen and oxygen atoms in total. The molecular weight excluding hydrogens is 224 g/mol. The first-order valence-corrected chi connectivity index (χ1v) is 5.31. The Bertz CT molecular complexity index is 320. The fourth-order valence-electron chi connectivity index (χ4n) is 1.48. The standard InChI is InChI=1S/C12H18N2O.ClH/c1-3-14(4-2)12(15)11-7-5-10(9-13)6-8-11;/h5-8H,3-4,9,13H2,1-2H3;1H. The van der Waals surface area contributed by atoms with E-state index in [9.17, 15) is 4.79 Å². The van der Waals surface area contributed by atoms with E-state index in [2.05, 4.69) is 0 Å². The highest BCUT2D eigenvalue weighted by Gasteiger charge is 2.11. The zero-order chi connectivity index (χ0) is 11.3. The number of carbonyl (C=O) groups is 1. The van der Waals surface area contributed by atoms with Crippen LogP contribution in [0.3, 0.4) is 0 Å². The van der Waals surface area contributed by atoms with E-state index in [1.54, 1.807) is 4.90 Å². The summed E-state index contributed by atoms with van der Waals surface area (Å²) in [5.41, 5.74) is 7.27. The SMILES string of the molecule is CCN(CC)C(=O)c1ccc(CN)cc1.Cl. The molecule has 0 atom stereocenters. The van der Waals surface area contributed by atoms with E-state index in [4.69, 9.17) is 5.73 Å². The second-order valence-electron chi connectivity index (χ2n) is 3.38. The minimum Gasteiger partial charge on any atom is -0.339 e. The van der Waals surface area contributed by atoms with Crippen molar-refractivity contribution in [1.82, 2.24) is 4.90 Å². The molecule has 0 fully saturated rings. The number of carbonyl (C=O) groups excluding carboxylic acids is 1. The van der Waals surface area contributed by atoms with Gasteiger partial charge in [-0.2, -0.15) is 0 Å². The molecule has 2 N–H and O–H groups in total. The van der Waals surface area contributed by atoms with Gasteiger partial charge in [0.1, 0.15) is 0 Å². The summed E-state index contributed by atoms with van der Waals surface area (Å²) in [6.45, 7) is 5.97. The predicted octanol–water partition coefficient (Wildman–Crippen LogP) is 2.05. The number of nitrogens with zero attached hydrogens (tertiary/aromatic N) is 1. The monoisotopic (exact) mass is 242 g/mol. The van der Waals surface area contributed by atoms with Crippen LogP contribution in [0.1, 0.15) is 29.8 Å².